The van der Waals surface area contributed by atoms with Crippen LogP contribution < -0.4 is 9.47 Å². The Labute approximate surface area is 99.8 Å². The standard InChI is InChI=1S/C13H14O4/c1-8(14)4-11-10-6-13(16-3)12(15-2)5-9(10)7-17-11/h4-6H,7H2,1-3H3/b11-4-. The highest BCUT2D eigenvalue weighted by atomic mass is 16.5. The average molecular weight is 234 g/mol. The number of allylic oxidation sites excluding steroid dienone is 1. The van der Waals surface area contributed by atoms with E-state index in [-0.39, 0.29) is 5.78 Å². The van der Waals surface area contributed by atoms with Crippen molar-refractivity contribution in [3.05, 3.63) is 29.3 Å². The van der Waals surface area contributed by atoms with E-state index in [4.69, 9.17) is 14.2 Å². The number of ether oxygens (including phenoxy) is 3. The molecule has 1 aliphatic heterocycles. The number of rotatable bonds is 3. The van der Waals surface area contributed by atoms with Crippen LogP contribution in [0.1, 0.15) is 18.1 Å². The van der Waals surface area contributed by atoms with Gasteiger partial charge < -0.3 is 14.2 Å². The van der Waals surface area contributed by atoms with Gasteiger partial charge in [0.25, 0.3) is 0 Å². The van der Waals surface area contributed by atoms with Gasteiger partial charge in [-0.1, -0.05) is 0 Å². The lowest BCUT2D eigenvalue weighted by Crippen LogP contribution is -1.93. The summed E-state index contributed by atoms with van der Waals surface area (Å²) in [6, 6.07) is 3.70. The fourth-order valence-electron chi connectivity index (χ4n) is 1.81. The van der Waals surface area contributed by atoms with Crippen molar-refractivity contribution in [2.45, 2.75) is 13.5 Å². The van der Waals surface area contributed by atoms with Gasteiger partial charge >= 0.3 is 0 Å². The molecule has 0 N–H and O–H groups in total. The van der Waals surface area contributed by atoms with Gasteiger partial charge in [-0.15, -0.1) is 0 Å². The smallest absolute Gasteiger partial charge is 0.161 e. The molecule has 0 spiro atoms. The van der Waals surface area contributed by atoms with E-state index in [1.54, 1.807) is 14.2 Å². The van der Waals surface area contributed by atoms with E-state index in [9.17, 15) is 4.79 Å². The lowest BCUT2D eigenvalue weighted by molar-refractivity contribution is -0.112. The molecule has 17 heavy (non-hydrogen) atoms. The normalized spacial score (nSPS) is 15.4. The van der Waals surface area contributed by atoms with Gasteiger partial charge in [-0.2, -0.15) is 0 Å². The Morgan fingerprint density at radius 2 is 1.94 bits per heavy atom. The highest BCUT2D eigenvalue weighted by molar-refractivity contribution is 5.94. The molecule has 0 saturated heterocycles. The Kier molecular flexibility index (Phi) is 3.04. The number of carbonyl (C=O) groups is 1. The monoisotopic (exact) mass is 234 g/mol. The molecular weight excluding hydrogens is 220 g/mol. The van der Waals surface area contributed by atoms with E-state index < -0.39 is 0 Å². The van der Waals surface area contributed by atoms with Crippen LogP contribution in [0, 0.1) is 0 Å². The minimum absolute atomic E-state index is 0.0392. The molecule has 0 bridgehead atoms. The van der Waals surface area contributed by atoms with Crippen LogP contribution in [0.3, 0.4) is 0 Å². The first-order valence-electron chi connectivity index (χ1n) is 5.26. The number of methoxy groups -OCH3 is 2. The molecule has 1 aliphatic rings. The molecule has 4 heteroatoms. The lowest BCUT2D eigenvalue weighted by atomic mass is 10.1. The van der Waals surface area contributed by atoms with Gasteiger partial charge in [0.1, 0.15) is 12.4 Å². The van der Waals surface area contributed by atoms with E-state index in [1.165, 1.54) is 13.0 Å². The Bertz CT molecular complexity index is 488. The van der Waals surface area contributed by atoms with Gasteiger partial charge in [-0.3, -0.25) is 4.79 Å². The largest absolute Gasteiger partial charge is 0.493 e. The third-order valence-electron chi connectivity index (χ3n) is 2.59. The molecule has 1 heterocycles. The zero-order valence-electron chi connectivity index (χ0n) is 10.1. The van der Waals surface area contributed by atoms with E-state index in [1.807, 2.05) is 12.1 Å². The van der Waals surface area contributed by atoms with E-state index in [0.29, 0.717) is 23.9 Å². The predicted octanol–water partition coefficient (Wildman–Crippen LogP) is 2.16. The lowest BCUT2D eigenvalue weighted by Gasteiger charge is -2.08. The Morgan fingerprint density at radius 3 is 2.53 bits per heavy atom. The van der Waals surface area contributed by atoms with E-state index >= 15 is 0 Å². The number of fused-ring (bicyclic) bond motifs is 1. The Hall–Kier alpha value is -1.97. The summed E-state index contributed by atoms with van der Waals surface area (Å²) in [5, 5.41) is 0. The van der Waals surface area contributed by atoms with Gasteiger partial charge in [-0.05, 0) is 19.1 Å². The number of carbonyl (C=O) groups excluding carboxylic acids is 1. The first kappa shape index (κ1) is 11.5. The van der Waals surface area contributed by atoms with Crippen LogP contribution in [-0.2, 0) is 16.1 Å². The highest BCUT2D eigenvalue weighted by Gasteiger charge is 2.21. The van der Waals surface area contributed by atoms with E-state index in [2.05, 4.69) is 0 Å². The van der Waals surface area contributed by atoms with Crippen molar-refractivity contribution in [2.75, 3.05) is 14.2 Å². The molecule has 1 aromatic rings. The average Bonchev–Trinajstić information content (AvgIpc) is 2.69. The summed E-state index contributed by atoms with van der Waals surface area (Å²) < 4.78 is 15.9. The summed E-state index contributed by atoms with van der Waals surface area (Å²) in [4.78, 5) is 11.1. The van der Waals surface area contributed by atoms with Gasteiger partial charge in [0.15, 0.2) is 17.3 Å². The summed E-state index contributed by atoms with van der Waals surface area (Å²) in [6.07, 6.45) is 1.48. The minimum Gasteiger partial charge on any atom is -0.493 e. The second-order valence-electron chi connectivity index (χ2n) is 3.77. The van der Waals surface area contributed by atoms with Gasteiger partial charge in [0.2, 0.25) is 0 Å². The SMILES string of the molecule is COc1cc2c(cc1OC)/C(=C/C(C)=O)OC2. The van der Waals surface area contributed by atoms with Crippen molar-refractivity contribution in [1.29, 1.82) is 0 Å². The van der Waals surface area contributed by atoms with E-state index in [0.717, 1.165) is 11.1 Å². The van der Waals surface area contributed by atoms with Crippen molar-refractivity contribution in [3.8, 4) is 11.5 Å². The van der Waals surface area contributed by atoms with Crippen LogP contribution in [0.4, 0.5) is 0 Å². The fraction of sp³-hybridized carbons (Fsp3) is 0.308. The Balaban J connectivity index is 2.50. The molecule has 0 unspecified atom stereocenters. The summed E-state index contributed by atoms with van der Waals surface area (Å²) in [6.45, 7) is 1.95. The molecular formula is C13H14O4. The number of benzene rings is 1. The second kappa shape index (κ2) is 4.49. The predicted molar refractivity (Wildman–Crippen MR) is 63.0 cm³/mol. The van der Waals surface area contributed by atoms with Crippen LogP contribution in [0.25, 0.3) is 5.76 Å². The van der Waals surface area contributed by atoms with Crippen molar-refractivity contribution >= 4 is 11.5 Å². The van der Waals surface area contributed by atoms with Crippen LogP contribution in [0.15, 0.2) is 18.2 Å². The third-order valence-corrected chi connectivity index (χ3v) is 2.59. The third kappa shape index (κ3) is 2.11. The maximum absolute atomic E-state index is 11.1. The molecule has 0 aliphatic carbocycles. The molecule has 0 fully saturated rings. The van der Waals surface area contributed by atoms with Crippen LogP contribution in [0.2, 0.25) is 0 Å². The van der Waals surface area contributed by atoms with Crippen LogP contribution in [-0.4, -0.2) is 20.0 Å². The molecule has 0 atom stereocenters. The maximum Gasteiger partial charge on any atom is 0.161 e. The summed E-state index contributed by atoms with van der Waals surface area (Å²) in [7, 11) is 3.17. The zero-order valence-corrected chi connectivity index (χ0v) is 10.1. The van der Waals surface area contributed by atoms with Crippen molar-refractivity contribution in [2.24, 2.45) is 0 Å². The maximum atomic E-state index is 11.1. The highest BCUT2D eigenvalue weighted by Crippen LogP contribution is 2.38. The Morgan fingerprint density at radius 1 is 1.29 bits per heavy atom. The first-order valence-corrected chi connectivity index (χ1v) is 5.26. The van der Waals surface area contributed by atoms with Crippen LogP contribution in [0.5, 0.6) is 11.5 Å². The molecule has 0 radical (unpaired) electrons. The van der Waals surface area contributed by atoms with Crippen molar-refractivity contribution in [3.63, 3.8) is 0 Å². The quantitative estimate of drug-likeness (QED) is 0.752. The fourth-order valence-corrected chi connectivity index (χ4v) is 1.81. The molecule has 0 amide bonds. The van der Waals surface area contributed by atoms with Crippen molar-refractivity contribution in [1.82, 2.24) is 0 Å². The van der Waals surface area contributed by atoms with Crippen LogP contribution >= 0.6 is 0 Å². The minimum atomic E-state index is -0.0392. The molecule has 90 valence electrons. The summed E-state index contributed by atoms with van der Waals surface area (Å²) in [5.41, 5.74) is 1.88. The molecule has 0 saturated carbocycles. The second-order valence-corrected chi connectivity index (χ2v) is 3.77. The molecule has 2 rings (SSSR count). The molecule has 0 aromatic heterocycles. The van der Waals surface area contributed by atoms with Crippen molar-refractivity contribution < 1.29 is 19.0 Å². The molecule has 4 nitrogen and oxygen atoms in total. The number of hydrogen-bond donors (Lipinski definition) is 0. The summed E-state index contributed by atoms with van der Waals surface area (Å²) >= 11 is 0. The van der Waals surface area contributed by atoms with Gasteiger partial charge in [-0.25, -0.2) is 0 Å². The topological polar surface area (TPSA) is 44.8 Å². The van der Waals surface area contributed by atoms with Gasteiger partial charge in [0, 0.05) is 17.2 Å². The first-order chi connectivity index (χ1) is 8.15. The zero-order chi connectivity index (χ0) is 12.4. The summed E-state index contributed by atoms with van der Waals surface area (Å²) in [5.74, 6) is 1.85. The number of ketones is 1. The van der Waals surface area contributed by atoms with Gasteiger partial charge in [0.05, 0.1) is 14.2 Å². The number of hydrogen-bond acceptors (Lipinski definition) is 4. The molecule has 1 aromatic carbocycles.